The van der Waals surface area contributed by atoms with Gasteiger partial charge in [0, 0.05) is 6.04 Å². The molecular formula is C11H22N2O2. The van der Waals surface area contributed by atoms with Gasteiger partial charge in [-0.05, 0) is 46.1 Å². The second-order valence-electron chi connectivity index (χ2n) is 5.18. The van der Waals surface area contributed by atoms with Crippen molar-refractivity contribution in [2.24, 2.45) is 11.7 Å². The Morgan fingerprint density at radius 2 is 2.13 bits per heavy atom. The van der Waals surface area contributed by atoms with Crippen molar-refractivity contribution < 1.29 is 9.53 Å². The first-order valence-corrected chi connectivity index (χ1v) is 5.62. The highest BCUT2D eigenvalue weighted by atomic mass is 16.6. The van der Waals surface area contributed by atoms with E-state index in [2.05, 4.69) is 5.32 Å². The number of ether oxygens (including phenoxy) is 1. The third-order valence-corrected chi connectivity index (χ3v) is 2.66. The summed E-state index contributed by atoms with van der Waals surface area (Å²) in [5.41, 5.74) is 5.21. The van der Waals surface area contributed by atoms with Gasteiger partial charge in [-0.2, -0.15) is 0 Å². The van der Waals surface area contributed by atoms with Crippen LogP contribution in [0.5, 0.6) is 0 Å². The van der Waals surface area contributed by atoms with Crippen molar-refractivity contribution in [3.05, 3.63) is 0 Å². The van der Waals surface area contributed by atoms with Gasteiger partial charge in [-0.3, -0.25) is 0 Å². The fraction of sp³-hybridized carbons (Fsp3) is 0.909. The monoisotopic (exact) mass is 214 g/mol. The summed E-state index contributed by atoms with van der Waals surface area (Å²) in [7, 11) is 0. The van der Waals surface area contributed by atoms with Crippen LogP contribution in [0.2, 0.25) is 0 Å². The molecule has 88 valence electrons. The summed E-state index contributed by atoms with van der Waals surface area (Å²) in [6.07, 6.45) is 2.94. The third-order valence-electron chi connectivity index (χ3n) is 2.66. The van der Waals surface area contributed by atoms with Gasteiger partial charge in [0.05, 0.1) is 0 Å². The van der Waals surface area contributed by atoms with Gasteiger partial charge < -0.3 is 15.8 Å². The van der Waals surface area contributed by atoms with Crippen LogP contribution in [-0.4, -0.2) is 24.3 Å². The molecule has 0 aromatic heterocycles. The number of amides is 1. The number of nitrogens with two attached hydrogens (primary N) is 1. The zero-order chi connectivity index (χ0) is 11.5. The lowest BCUT2D eigenvalue weighted by atomic mass is 10.0. The maximum atomic E-state index is 11.5. The molecule has 0 aromatic rings. The van der Waals surface area contributed by atoms with Crippen molar-refractivity contribution in [1.82, 2.24) is 5.32 Å². The molecule has 15 heavy (non-hydrogen) atoms. The molecule has 1 aliphatic carbocycles. The van der Waals surface area contributed by atoms with E-state index in [1.807, 2.05) is 20.8 Å². The average molecular weight is 214 g/mol. The number of carbonyl (C=O) groups is 1. The molecule has 0 radical (unpaired) electrons. The molecule has 0 aromatic carbocycles. The Hall–Kier alpha value is -0.770. The first-order valence-electron chi connectivity index (χ1n) is 5.62. The van der Waals surface area contributed by atoms with Crippen molar-refractivity contribution in [2.45, 2.75) is 51.7 Å². The summed E-state index contributed by atoms with van der Waals surface area (Å²) in [5, 5.41) is 2.90. The molecule has 1 saturated carbocycles. The van der Waals surface area contributed by atoms with E-state index in [1.54, 1.807) is 0 Å². The Bertz CT molecular complexity index is 223. The SMILES string of the molecule is CC(C)(C)OC(=O)N[C@H]1CCC[C@@H]1CN. The number of hydrogen-bond acceptors (Lipinski definition) is 3. The Morgan fingerprint density at radius 3 is 2.67 bits per heavy atom. The second-order valence-corrected chi connectivity index (χ2v) is 5.18. The molecular weight excluding hydrogens is 192 g/mol. The smallest absolute Gasteiger partial charge is 0.407 e. The summed E-state index contributed by atoms with van der Waals surface area (Å²) >= 11 is 0. The van der Waals surface area contributed by atoms with Crippen LogP contribution in [0, 0.1) is 5.92 Å². The topological polar surface area (TPSA) is 64.3 Å². The molecule has 1 fully saturated rings. The van der Waals surface area contributed by atoms with Gasteiger partial charge in [0.15, 0.2) is 0 Å². The maximum Gasteiger partial charge on any atom is 0.407 e. The predicted octanol–water partition coefficient (Wildman–Crippen LogP) is 1.64. The highest BCUT2D eigenvalue weighted by molar-refractivity contribution is 5.68. The van der Waals surface area contributed by atoms with E-state index in [4.69, 9.17) is 10.5 Å². The molecule has 0 bridgehead atoms. The molecule has 0 saturated heterocycles. The predicted molar refractivity (Wildman–Crippen MR) is 59.6 cm³/mol. The van der Waals surface area contributed by atoms with E-state index >= 15 is 0 Å². The number of rotatable bonds is 2. The van der Waals surface area contributed by atoms with Crippen LogP contribution in [-0.2, 0) is 4.74 Å². The number of nitrogens with one attached hydrogen (secondary N) is 1. The fourth-order valence-corrected chi connectivity index (χ4v) is 1.97. The minimum atomic E-state index is -0.430. The summed E-state index contributed by atoms with van der Waals surface area (Å²) in [5.74, 6) is 0.414. The standard InChI is InChI=1S/C11H22N2O2/c1-11(2,3)15-10(14)13-9-6-4-5-8(9)7-12/h8-9H,4-7,12H2,1-3H3,(H,13,14)/t8-,9+/m1/s1. The second kappa shape index (κ2) is 4.84. The van der Waals surface area contributed by atoms with Crippen LogP contribution < -0.4 is 11.1 Å². The largest absolute Gasteiger partial charge is 0.444 e. The third kappa shape index (κ3) is 4.08. The van der Waals surface area contributed by atoms with E-state index in [1.165, 1.54) is 0 Å². The Balaban J connectivity index is 2.37. The van der Waals surface area contributed by atoms with Crippen LogP contribution in [0.3, 0.4) is 0 Å². The minimum absolute atomic E-state index is 0.199. The molecule has 0 spiro atoms. The zero-order valence-electron chi connectivity index (χ0n) is 9.88. The molecule has 0 unspecified atom stereocenters. The number of hydrogen-bond donors (Lipinski definition) is 2. The van der Waals surface area contributed by atoms with E-state index in [9.17, 15) is 4.79 Å². The first-order chi connectivity index (χ1) is 6.92. The van der Waals surface area contributed by atoms with Crippen molar-refractivity contribution >= 4 is 6.09 Å². The quantitative estimate of drug-likeness (QED) is 0.734. The van der Waals surface area contributed by atoms with Gasteiger partial charge in [0.2, 0.25) is 0 Å². The highest BCUT2D eigenvalue weighted by Crippen LogP contribution is 2.24. The Morgan fingerprint density at radius 1 is 1.47 bits per heavy atom. The Kier molecular flexibility index (Phi) is 3.97. The summed E-state index contributed by atoms with van der Waals surface area (Å²) in [6, 6.07) is 0.199. The van der Waals surface area contributed by atoms with Gasteiger partial charge in [-0.15, -0.1) is 0 Å². The van der Waals surface area contributed by atoms with E-state index in [0.29, 0.717) is 12.5 Å². The van der Waals surface area contributed by atoms with Crippen molar-refractivity contribution in [3.8, 4) is 0 Å². The lowest BCUT2D eigenvalue weighted by molar-refractivity contribution is 0.0494. The Labute approximate surface area is 91.5 Å². The molecule has 1 aliphatic rings. The molecule has 0 heterocycles. The van der Waals surface area contributed by atoms with E-state index < -0.39 is 5.60 Å². The van der Waals surface area contributed by atoms with Crippen LogP contribution in [0.15, 0.2) is 0 Å². The van der Waals surface area contributed by atoms with E-state index in [0.717, 1.165) is 19.3 Å². The molecule has 1 rings (SSSR count). The molecule has 3 N–H and O–H groups in total. The normalized spacial score (nSPS) is 26.4. The van der Waals surface area contributed by atoms with Crippen molar-refractivity contribution in [1.29, 1.82) is 0 Å². The van der Waals surface area contributed by atoms with Crippen molar-refractivity contribution in [3.63, 3.8) is 0 Å². The van der Waals surface area contributed by atoms with Gasteiger partial charge in [-0.1, -0.05) is 6.42 Å². The van der Waals surface area contributed by atoms with Gasteiger partial charge in [0.1, 0.15) is 5.60 Å². The lowest BCUT2D eigenvalue weighted by Crippen LogP contribution is -2.42. The summed E-state index contributed by atoms with van der Waals surface area (Å²) in [4.78, 5) is 11.5. The van der Waals surface area contributed by atoms with Crippen LogP contribution in [0.25, 0.3) is 0 Å². The minimum Gasteiger partial charge on any atom is -0.444 e. The van der Waals surface area contributed by atoms with E-state index in [-0.39, 0.29) is 12.1 Å². The molecule has 2 atom stereocenters. The fourth-order valence-electron chi connectivity index (χ4n) is 1.97. The van der Waals surface area contributed by atoms with Crippen LogP contribution in [0.4, 0.5) is 4.79 Å². The molecule has 1 amide bonds. The molecule has 0 aliphatic heterocycles. The number of carbonyl (C=O) groups excluding carboxylic acids is 1. The van der Waals surface area contributed by atoms with Crippen LogP contribution >= 0.6 is 0 Å². The summed E-state index contributed by atoms with van der Waals surface area (Å²) < 4.78 is 5.20. The van der Waals surface area contributed by atoms with Gasteiger partial charge in [0.25, 0.3) is 0 Å². The zero-order valence-corrected chi connectivity index (χ0v) is 9.88. The first kappa shape index (κ1) is 12.3. The molecule has 4 nitrogen and oxygen atoms in total. The average Bonchev–Trinajstić information content (AvgIpc) is 2.48. The molecule has 4 heteroatoms. The van der Waals surface area contributed by atoms with Gasteiger partial charge >= 0.3 is 6.09 Å². The number of alkyl carbamates (subject to hydrolysis) is 1. The highest BCUT2D eigenvalue weighted by Gasteiger charge is 2.28. The van der Waals surface area contributed by atoms with Crippen molar-refractivity contribution in [2.75, 3.05) is 6.54 Å². The van der Waals surface area contributed by atoms with Crippen LogP contribution in [0.1, 0.15) is 40.0 Å². The maximum absolute atomic E-state index is 11.5. The lowest BCUT2D eigenvalue weighted by Gasteiger charge is -2.24. The summed E-state index contributed by atoms with van der Waals surface area (Å²) in [6.45, 7) is 6.23. The van der Waals surface area contributed by atoms with Gasteiger partial charge in [-0.25, -0.2) is 4.79 Å².